The van der Waals surface area contributed by atoms with E-state index in [-0.39, 0.29) is 5.41 Å². The molecule has 0 saturated heterocycles. The van der Waals surface area contributed by atoms with Crippen LogP contribution in [0.5, 0.6) is 0 Å². The molecule has 2 N–H and O–H groups in total. The predicted octanol–water partition coefficient (Wildman–Crippen LogP) is 2.33. The quantitative estimate of drug-likeness (QED) is 0.597. The number of rotatable bonds is 4. The van der Waals surface area contributed by atoms with Crippen molar-refractivity contribution in [3.05, 3.63) is 12.2 Å². The van der Waals surface area contributed by atoms with Crippen molar-refractivity contribution >= 4 is 0 Å². The van der Waals surface area contributed by atoms with Gasteiger partial charge in [0.05, 0.1) is 0 Å². The number of allylic oxidation sites excluding steroid dienone is 1. The molecule has 1 heteroatoms. The molecular weight excluding hydrogens is 122 g/mol. The normalized spacial score (nSPS) is 12.8. The van der Waals surface area contributed by atoms with Crippen LogP contribution in [0.25, 0.3) is 0 Å². The first kappa shape index (κ1) is 9.70. The first-order chi connectivity index (χ1) is 4.62. The van der Waals surface area contributed by atoms with E-state index in [9.17, 15) is 0 Å². The highest BCUT2D eigenvalue weighted by atomic mass is 14.6. The Morgan fingerprint density at radius 1 is 1.40 bits per heavy atom. The molecule has 0 amide bonds. The van der Waals surface area contributed by atoms with E-state index in [1.54, 1.807) is 0 Å². The van der Waals surface area contributed by atoms with Gasteiger partial charge in [-0.3, -0.25) is 0 Å². The van der Waals surface area contributed by atoms with E-state index in [1.807, 2.05) is 0 Å². The SMILES string of the molecule is CCC/C=C/C(C)(C)CN. The van der Waals surface area contributed by atoms with E-state index in [1.165, 1.54) is 12.8 Å². The molecule has 0 aliphatic heterocycles. The molecule has 10 heavy (non-hydrogen) atoms. The predicted molar refractivity (Wildman–Crippen MR) is 46.9 cm³/mol. The molecule has 0 spiro atoms. The van der Waals surface area contributed by atoms with E-state index in [4.69, 9.17) is 5.73 Å². The van der Waals surface area contributed by atoms with Gasteiger partial charge in [0, 0.05) is 6.54 Å². The second-order valence-corrected chi connectivity index (χ2v) is 3.38. The van der Waals surface area contributed by atoms with Crippen LogP contribution in [0.4, 0.5) is 0 Å². The Morgan fingerprint density at radius 2 is 2.00 bits per heavy atom. The van der Waals surface area contributed by atoms with Gasteiger partial charge >= 0.3 is 0 Å². The van der Waals surface area contributed by atoms with Crippen LogP contribution in [0.3, 0.4) is 0 Å². The van der Waals surface area contributed by atoms with Gasteiger partial charge in [-0.25, -0.2) is 0 Å². The molecule has 0 bridgehead atoms. The van der Waals surface area contributed by atoms with Crippen LogP contribution in [0, 0.1) is 5.41 Å². The first-order valence-corrected chi connectivity index (χ1v) is 4.00. The fourth-order valence-electron chi connectivity index (χ4n) is 0.637. The Bertz CT molecular complexity index is 103. The number of unbranched alkanes of at least 4 members (excludes halogenated alkanes) is 1. The Morgan fingerprint density at radius 3 is 2.40 bits per heavy atom. The minimum atomic E-state index is 0.190. The molecule has 0 aliphatic rings. The molecule has 0 rings (SSSR count). The van der Waals surface area contributed by atoms with Crippen LogP contribution in [-0.4, -0.2) is 6.54 Å². The fourth-order valence-corrected chi connectivity index (χ4v) is 0.637. The summed E-state index contributed by atoms with van der Waals surface area (Å²) in [7, 11) is 0. The molecular formula is C9H19N. The zero-order valence-electron chi connectivity index (χ0n) is 7.35. The van der Waals surface area contributed by atoms with Gasteiger partial charge in [0.2, 0.25) is 0 Å². The average Bonchev–Trinajstić information content (AvgIpc) is 1.89. The Labute approximate surface area is 64.3 Å². The highest BCUT2D eigenvalue weighted by Gasteiger charge is 2.08. The first-order valence-electron chi connectivity index (χ1n) is 4.00. The smallest absolute Gasteiger partial charge is 0.000886 e. The monoisotopic (exact) mass is 141 g/mol. The standard InChI is InChI=1S/C9H19N/c1-4-5-6-7-9(2,3)8-10/h6-7H,4-5,8,10H2,1-3H3/b7-6+. The maximum Gasteiger partial charge on any atom is 0.000886 e. The minimum absolute atomic E-state index is 0.190. The van der Waals surface area contributed by atoms with Crippen molar-refractivity contribution in [3.8, 4) is 0 Å². The summed E-state index contributed by atoms with van der Waals surface area (Å²) in [6, 6.07) is 0. The molecule has 0 heterocycles. The van der Waals surface area contributed by atoms with Crippen molar-refractivity contribution in [3.63, 3.8) is 0 Å². The van der Waals surface area contributed by atoms with Crippen LogP contribution in [-0.2, 0) is 0 Å². The van der Waals surface area contributed by atoms with E-state index in [2.05, 4.69) is 32.9 Å². The topological polar surface area (TPSA) is 26.0 Å². The van der Waals surface area contributed by atoms with Crippen molar-refractivity contribution in [2.24, 2.45) is 11.1 Å². The van der Waals surface area contributed by atoms with E-state index >= 15 is 0 Å². The second kappa shape index (κ2) is 4.51. The lowest BCUT2D eigenvalue weighted by molar-refractivity contribution is 0.493. The van der Waals surface area contributed by atoms with Crippen LogP contribution in [0.2, 0.25) is 0 Å². The summed E-state index contributed by atoms with van der Waals surface area (Å²) in [6.45, 7) is 7.21. The molecule has 0 aromatic heterocycles. The summed E-state index contributed by atoms with van der Waals surface area (Å²) >= 11 is 0. The van der Waals surface area contributed by atoms with Crippen LogP contribution in [0.15, 0.2) is 12.2 Å². The van der Waals surface area contributed by atoms with Gasteiger partial charge in [0.15, 0.2) is 0 Å². The Kier molecular flexibility index (Phi) is 4.37. The zero-order chi connectivity index (χ0) is 8.04. The van der Waals surface area contributed by atoms with Gasteiger partial charge in [-0.1, -0.05) is 39.3 Å². The third-order valence-corrected chi connectivity index (χ3v) is 1.55. The fraction of sp³-hybridized carbons (Fsp3) is 0.778. The largest absolute Gasteiger partial charge is 0.330 e. The van der Waals surface area contributed by atoms with Crippen molar-refractivity contribution in [2.75, 3.05) is 6.54 Å². The van der Waals surface area contributed by atoms with Gasteiger partial charge in [-0.2, -0.15) is 0 Å². The summed E-state index contributed by atoms with van der Waals surface area (Å²) in [5.74, 6) is 0. The molecule has 0 atom stereocenters. The molecule has 0 radical (unpaired) electrons. The number of nitrogens with two attached hydrogens (primary N) is 1. The highest BCUT2D eigenvalue weighted by molar-refractivity contribution is 4.94. The van der Waals surface area contributed by atoms with Gasteiger partial charge in [0.1, 0.15) is 0 Å². The van der Waals surface area contributed by atoms with Crippen molar-refractivity contribution in [2.45, 2.75) is 33.6 Å². The minimum Gasteiger partial charge on any atom is -0.330 e. The maximum atomic E-state index is 5.54. The van der Waals surface area contributed by atoms with Crippen molar-refractivity contribution in [1.29, 1.82) is 0 Å². The summed E-state index contributed by atoms with van der Waals surface area (Å²) in [4.78, 5) is 0. The molecule has 0 aromatic carbocycles. The Balaban J connectivity index is 3.63. The number of hydrogen-bond donors (Lipinski definition) is 1. The summed E-state index contributed by atoms with van der Waals surface area (Å²) < 4.78 is 0. The molecule has 60 valence electrons. The molecule has 0 saturated carbocycles. The van der Waals surface area contributed by atoms with Crippen LogP contribution < -0.4 is 5.73 Å². The van der Waals surface area contributed by atoms with E-state index < -0.39 is 0 Å². The van der Waals surface area contributed by atoms with Crippen LogP contribution in [0.1, 0.15) is 33.6 Å². The zero-order valence-corrected chi connectivity index (χ0v) is 7.35. The molecule has 1 nitrogen and oxygen atoms in total. The lowest BCUT2D eigenvalue weighted by Crippen LogP contribution is -2.20. The van der Waals surface area contributed by atoms with Gasteiger partial charge in [-0.05, 0) is 11.8 Å². The molecule has 0 aromatic rings. The summed E-state index contributed by atoms with van der Waals surface area (Å²) in [5, 5.41) is 0. The molecule has 0 fully saturated rings. The third-order valence-electron chi connectivity index (χ3n) is 1.55. The summed E-state index contributed by atoms with van der Waals surface area (Å²) in [6.07, 6.45) is 6.81. The lowest BCUT2D eigenvalue weighted by Gasteiger charge is -2.16. The average molecular weight is 141 g/mol. The molecule has 0 unspecified atom stereocenters. The van der Waals surface area contributed by atoms with Gasteiger partial charge in [-0.15, -0.1) is 0 Å². The van der Waals surface area contributed by atoms with E-state index in [0.717, 1.165) is 6.54 Å². The van der Waals surface area contributed by atoms with Crippen molar-refractivity contribution in [1.82, 2.24) is 0 Å². The maximum absolute atomic E-state index is 5.54. The second-order valence-electron chi connectivity index (χ2n) is 3.38. The number of hydrogen-bond acceptors (Lipinski definition) is 1. The Hall–Kier alpha value is -0.300. The molecule has 0 aliphatic carbocycles. The third kappa shape index (κ3) is 4.57. The van der Waals surface area contributed by atoms with Gasteiger partial charge < -0.3 is 5.73 Å². The lowest BCUT2D eigenvalue weighted by atomic mass is 9.93. The van der Waals surface area contributed by atoms with Crippen molar-refractivity contribution < 1.29 is 0 Å². The van der Waals surface area contributed by atoms with Gasteiger partial charge in [0.25, 0.3) is 0 Å². The highest BCUT2D eigenvalue weighted by Crippen LogP contribution is 2.14. The van der Waals surface area contributed by atoms with E-state index in [0.29, 0.717) is 0 Å². The summed E-state index contributed by atoms with van der Waals surface area (Å²) in [5.41, 5.74) is 5.73. The van der Waals surface area contributed by atoms with Crippen LogP contribution >= 0.6 is 0 Å².